The number of hydrogen-bond acceptors (Lipinski definition) is 8. The molecule has 0 radical (unpaired) electrons. The van der Waals surface area contributed by atoms with Gasteiger partial charge in [-0.05, 0) is 6.26 Å². The maximum Gasteiger partial charge on any atom is 0.278 e. The topological polar surface area (TPSA) is 123 Å². The fraction of sp³-hybridized carbons (Fsp3) is 0.636. The molecule has 3 rings (SSSR count). The molecule has 4 N–H and O–H groups in total. The van der Waals surface area contributed by atoms with Gasteiger partial charge in [0.25, 0.3) is 5.56 Å². The van der Waals surface area contributed by atoms with E-state index in [4.69, 9.17) is 0 Å². The average Bonchev–Trinajstić information content (AvgIpc) is 2.97. The fourth-order valence-corrected chi connectivity index (χ4v) is 3.29. The molecule has 5 atom stereocenters. The van der Waals surface area contributed by atoms with E-state index in [-0.39, 0.29) is 17.3 Å². The number of aliphatic hydroxyl groups is 2. The van der Waals surface area contributed by atoms with Crippen molar-refractivity contribution in [1.82, 2.24) is 15.3 Å². The summed E-state index contributed by atoms with van der Waals surface area (Å²) in [4.78, 5) is 18.1. The largest absolute Gasteiger partial charge is 0.389 e. The van der Waals surface area contributed by atoms with Crippen molar-refractivity contribution >= 4 is 17.4 Å². The normalized spacial score (nSPS) is 35.5. The van der Waals surface area contributed by atoms with Crippen LogP contribution in [0.2, 0.25) is 0 Å². The first-order valence-electron chi connectivity index (χ1n) is 6.23. The Kier molecular flexibility index (Phi) is 3.59. The van der Waals surface area contributed by atoms with Crippen LogP contribution in [0.15, 0.2) is 21.4 Å². The number of aromatic nitrogens is 2. The third kappa shape index (κ3) is 2.06. The summed E-state index contributed by atoms with van der Waals surface area (Å²) in [5.74, 6) is 0.675. The van der Waals surface area contributed by atoms with E-state index in [0.29, 0.717) is 11.4 Å². The summed E-state index contributed by atoms with van der Waals surface area (Å²) < 4.78 is 0. The summed E-state index contributed by atoms with van der Waals surface area (Å²) in [6.07, 6.45) is 1.39. The highest BCUT2D eigenvalue weighted by atomic mass is 32.2. The Morgan fingerprint density at radius 3 is 2.95 bits per heavy atom. The van der Waals surface area contributed by atoms with Crippen molar-refractivity contribution in [2.75, 3.05) is 12.0 Å². The summed E-state index contributed by atoms with van der Waals surface area (Å²) in [6, 6.07) is -1.27. The van der Waals surface area contributed by atoms with Crippen LogP contribution in [0.3, 0.4) is 0 Å². The Balaban J connectivity index is 1.88. The van der Waals surface area contributed by atoms with Gasteiger partial charge in [-0.2, -0.15) is 16.9 Å². The van der Waals surface area contributed by atoms with Crippen molar-refractivity contribution in [1.29, 1.82) is 0 Å². The van der Waals surface area contributed by atoms with Crippen LogP contribution in [0.4, 0.5) is 5.69 Å². The molecular weight excluding hydrogens is 282 g/mol. The number of aromatic amines is 1. The SMILES string of the molecule is CSC[C@@H]1N[C@H](C2N=Nc3c2nc[nH]c3=O)[C@@H](O)[C@H]1O. The van der Waals surface area contributed by atoms with Gasteiger partial charge in [-0.3, -0.25) is 4.79 Å². The number of nitrogens with one attached hydrogen (secondary N) is 2. The lowest BCUT2D eigenvalue weighted by Crippen LogP contribution is -2.38. The minimum absolute atomic E-state index is 0.175. The fourth-order valence-electron chi connectivity index (χ4n) is 2.63. The van der Waals surface area contributed by atoms with Crippen molar-refractivity contribution < 1.29 is 10.2 Å². The molecule has 1 fully saturated rings. The van der Waals surface area contributed by atoms with Crippen molar-refractivity contribution in [3.05, 3.63) is 22.4 Å². The monoisotopic (exact) mass is 297 g/mol. The molecule has 20 heavy (non-hydrogen) atoms. The number of hydrogen-bond donors (Lipinski definition) is 4. The highest BCUT2D eigenvalue weighted by molar-refractivity contribution is 7.98. The Morgan fingerprint density at radius 1 is 1.40 bits per heavy atom. The third-order valence-electron chi connectivity index (χ3n) is 3.64. The Morgan fingerprint density at radius 2 is 2.20 bits per heavy atom. The quantitative estimate of drug-likeness (QED) is 0.587. The molecule has 8 nitrogen and oxygen atoms in total. The maximum atomic E-state index is 11.6. The number of rotatable bonds is 3. The number of nitrogens with zero attached hydrogens (tertiary/aromatic N) is 3. The molecule has 108 valence electrons. The van der Waals surface area contributed by atoms with Gasteiger partial charge in [0.15, 0.2) is 5.69 Å². The Hall–Kier alpha value is -1.29. The second-order valence-electron chi connectivity index (χ2n) is 4.86. The van der Waals surface area contributed by atoms with E-state index in [1.807, 2.05) is 6.26 Å². The van der Waals surface area contributed by atoms with Crippen molar-refractivity contribution in [3.8, 4) is 0 Å². The molecule has 3 heterocycles. The highest BCUT2D eigenvalue weighted by Gasteiger charge is 2.47. The van der Waals surface area contributed by atoms with Gasteiger partial charge in [-0.1, -0.05) is 0 Å². The first-order chi connectivity index (χ1) is 9.63. The zero-order chi connectivity index (χ0) is 14.3. The van der Waals surface area contributed by atoms with Crippen molar-refractivity contribution in [3.63, 3.8) is 0 Å². The second-order valence-corrected chi connectivity index (χ2v) is 5.77. The van der Waals surface area contributed by atoms with Crippen LogP contribution >= 0.6 is 11.8 Å². The summed E-state index contributed by atoms with van der Waals surface area (Å²) in [6.45, 7) is 0. The minimum atomic E-state index is -0.969. The predicted octanol–water partition coefficient (Wildman–Crippen LogP) is -0.667. The van der Waals surface area contributed by atoms with Crippen LogP contribution in [-0.4, -0.2) is 56.5 Å². The van der Waals surface area contributed by atoms with Crippen molar-refractivity contribution in [2.24, 2.45) is 10.2 Å². The van der Waals surface area contributed by atoms with Gasteiger partial charge in [0.05, 0.1) is 24.6 Å². The predicted molar refractivity (Wildman–Crippen MR) is 73.2 cm³/mol. The second kappa shape index (κ2) is 5.24. The van der Waals surface area contributed by atoms with E-state index < -0.39 is 24.3 Å². The van der Waals surface area contributed by atoms with E-state index in [1.165, 1.54) is 6.33 Å². The summed E-state index contributed by atoms with van der Waals surface area (Å²) in [5.41, 5.74) is 0.256. The smallest absolute Gasteiger partial charge is 0.278 e. The molecular formula is C11H15N5O3S. The Bertz CT molecular complexity index is 592. The zero-order valence-corrected chi connectivity index (χ0v) is 11.5. The molecule has 1 aromatic rings. The van der Waals surface area contributed by atoms with E-state index >= 15 is 0 Å². The van der Waals surface area contributed by atoms with E-state index in [0.717, 1.165) is 0 Å². The van der Waals surface area contributed by atoms with Crippen LogP contribution in [0.5, 0.6) is 0 Å². The molecule has 1 saturated heterocycles. The lowest BCUT2D eigenvalue weighted by Gasteiger charge is -2.19. The van der Waals surface area contributed by atoms with Gasteiger partial charge in [0.2, 0.25) is 0 Å². The average molecular weight is 297 g/mol. The highest BCUT2D eigenvalue weighted by Crippen LogP contribution is 2.37. The molecule has 1 unspecified atom stereocenters. The standard InChI is InChI=1S/C11H15N5O3S/c1-20-2-4-9(17)10(18)7(14-4)6-5-8(16-15-6)11(19)13-3-12-5/h3-4,6-7,9-10,14,17-18H,2H2,1H3,(H,12,13,19)/t4-,6?,7+,9-,10+/m0/s1. The number of fused-ring (bicyclic) bond motifs is 1. The lowest BCUT2D eigenvalue weighted by atomic mass is 10.00. The first kappa shape index (κ1) is 13.7. The van der Waals surface area contributed by atoms with Crippen molar-refractivity contribution in [2.45, 2.75) is 30.3 Å². The van der Waals surface area contributed by atoms with Crippen LogP contribution < -0.4 is 10.9 Å². The molecule has 0 aromatic carbocycles. The molecule has 0 bridgehead atoms. The molecule has 0 spiro atoms. The van der Waals surface area contributed by atoms with Gasteiger partial charge in [-0.15, -0.1) is 5.11 Å². The summed E-state index contributed by atoms with van der Waals surface area (Å²) >= 11 is 1.58. The van der Waals surface area contributed by atoms with Crippen LogP contribution in [0.25, 0.3) is 0 Å². The van der Waals surface area contributed by atoms with E-state index in [1.54, 1.807) is 11.8 Å². The number of azo groups is 1. The summed E-state index contributed by atoms with van der Waals surface area (Å²) in [7, 11) is 0. The van der Waals surface area contributed by atoms with E-state index in [2.05, 4.69) is 25.5 Å². The maximum absolute atomic E-state index is 11.6. The van der Waals surface area contributed by atoms with Gasteiger partial charge < -0.3 is 20.5 Å². The van der Waals surface area contributed by atoms with Gasteiger partial charge in [0, 0.05) is 11.8 Å². The molecule has 0 saturated carbocycles. The molecule has 9 heteroatoms. The molecule has 2 aliphatic rings. The van der Waals surface area contributed by atoms with Gasteiger partial charge >= 0.3 is 0 Å². The summed E-state index contributed by atoms with van der Waals surface area (Å²) in [5, 5.41) is 31.2. The van der Waals surface area contributed by atoms with E-state index in [9.17, 15) is 15.0 Å². The van der Waals surface area contributed by atoms with Gasteiger partial charge in [-0.25, -0.2) is 4.98 Å². The third-order valence-corrected chi connectivity index (χ3v) is 4.33. The number of thioether (sulfide) groups is 1. The minimum Gasteiger partial charge on any atom is -0.389 e. The molecule has 2 aliphatic heterocycles. The van der Waals surface area contributed by atoms with Crippen LogP contribution in [0.1, 0.15) is 11.7 Å². The first-order valence-corrected chi connectivity index (χ1v) is 7.62. The number of aliphatic hydroxyl groups excluding tert-OH is 2. The molecule has 0 amide bonds. The zero-order valence-electron chi connectivity index (χ0n) is 10.7. The van der Waals surface area contributed by atoms with Gasteiger partial charge in [0.1, 0.15) is 11.7 Å². The number of H-pyrrole nitrogens is 1. The van der Waals surface area contributed by atoms with Crippen LogP contribution in [0, 0.1) is 0 Å². The lowest BCUT2D eigenvalue weighted by molar-refractivity contribution is 0.0272. The van der Waals surface area contributed by atoms with Crippen LogP contribution in [-0.2, 0) is 0 Å². The Labute approximate surface area is 118 Å². The molecule has 1 aromatic heterocycles. The molecule has 0 aliphatic carbocycles.